The van der Waals surface area contributed by atoms with Crippen LogP contribution in [0.3, 0.4) is 0 Å². The Morgan fingerprint density at radius 2 is 1.77 bits per heavy atom. The van der Waals surface area contributed by atoms with Gasteiger partial charge in [-0.1, -0.05) is 6.92 Å². The van der Waals surface area contributed by atoms with Crippen LogP contribution in [-0.2, 0) is 9.47 Å². The third-order valence-electron chi connectivity index (χ3n) is 3.94. The van der Waals surface area contributed by atoms with E-state index in [2.05, 4.69) is 6.92 Å². The molecule has 0 amide bonds. The molecule has 26 heavy (non-hydrogen) atoms. The Balaban J connectivity index is 1.46. The van der Waals surface area contributed by atoms with E-state index in [1.54, 1.807) is 48.5 Å². The van der Waals surface area contributed by atoms with E-state index in [1.807, 2.05) is 6.07 Å². The summed E-state index contributed by atoms with van der Waals surface area (Å²) in [4.78, 5) is 12.1. The average molecular weight is 353 g/mol. The normalized spacial score (nSPS) is 14.8. The molecule has 1 heterocycles. The second-order valence-corrected chi connectivity index (χ2v) is 6.46. The number of nitriles is 1. The first-order chi connectivity index (χ1) is 12.6. The first-order valence-corrected chi connectivity index (χ1v) is 8.19. The van der Waals surface area contributed by atoms with Crippen molar-refractivity contribution in [3.63, 3.8) is 0 Å². The van der Waals surface area contributed by atoms with Gasteiger partial charge in [0.1, 0.15) is 11.5 Å². The van der Waals surface area contributed by atoms with Crippen molar-refractivity contribution < 1.29 is 23.7 Å². The number of esters is 1. The van der Waals surface area contributed by atoms with Gasteiger partial charge in [-0.3, -0.25) is 0 Å². The van der Waals surface area contributed by atoms with Gasteiger partial charge in [0, 0.05) is 5.41 Å². The second-order valence-electron chi connectivity index (χ2n) is 6.46. The predicted molar refractivity (Wildman–Crippen MR) is 92.9 cm³/mol. The fourth-order valence-corrected chi connectivity index (χ4v) is 2.38. The molecule has 0 N–H and O–H groups in total. The van der Waals surface area contributed by atoms with Crippen molar-refractivity contribution in [3.05, 3.63) is 59.7 Å². The van der Waals surface area contributed by atoms with Crippen LogP contribution in [0.2, 0.25) is 0 Å². The van der Waals surface area contributed by atoms with Crippen LogP contribution in [0, 0.1) is 16.7 Å². The minimum absolute atomic E-state index is 0.0857. The van der Waals surface area contributed by atoms with Gasteiger partial charge in [-0.05, 0) is 48.5 Å². The highest BCUT2D eigenvalue weighted by atomic mass is 16.7. The highest BCUT2D eigenvalue weighted by Gasteiger charge is 2.33. The summed E-state index contributed by atoms with van der Waals surface area (Å²) in [5.41, 5.74) is 0.997. The molecule has 1 fully saturated rings. The van der Waals surface area contributed by atoms with E-state index >= 15 is 0 Å². The van der Waals surface area contributed by atoms with E-state index in [0.29, 0.717) is 42.4 Å². The van der Waals surface area contributed by atoms with Gasteiger partial charge in [0.2, 0.25) is 0 Å². The topological polar surface area (TPSA) is 77.8 Å². The van der Waals surface area contributed by atoms with E-state index in [4.69, 9.17) is 24.2 Å². The van der Waals surface area contributed by atoms with Crippen LogP contribution < -0.4 is 9.47 Å². The summed E-state index contributed by atoms with van der Waals surface area (Å²) >= 11 is 0. The molecule has 3 rings (SSSR count). The lowest BCUT2D eigenvalue weighted by atomic mass is 9.90. The van der Waals surface area contributed by atoms with E-state index in [0.717, 1.165) is 0 Å². The summed E-state index contributed by atoms with van der Waals surface area (Å²) in [6.45, 7) is 4.25. The fourth-order valence-electron chi connectivity index (χ4n) is 2.38. The molecule has 1 aliphatic rings. The Hall–Kier alpha value is -2.88. The molecule has 0 aromatic heterocycles. The molecule has 2 aromatic rings. The number of ether oxygens (including phenoxy) is 4. The second kappa shape index (κ2) is 8.00. The smallest absolute Gasteiger partial charge is 0.343 e. The summed E-state index contributed by atoms with van der Waals surface area (Å²) < 4.78 is 21.4. The zero-order valence-corrected chi connectivity index (χ0v) is 14.4. The van der Waals surface area contributed by atoms with Crippen molar-refractivity contribution in [1.82, 2.24) is 0 Å². The Bertz CT molecular complexity index is 788. The van der Waals surface area contributed by atoms with Crippen molar-refractivity contribution in [3.8, 4) is 17.6 Å². The number of carbonyl (C=O) groups excluding carboxylic acids is 1. The summed E-state index contributed by atoms with van der Waals surface area (Å²) in [7, 11) is 0. The minimum atomic E-state index is -0.476. The van der Waals surface area contributed by atoms with Crippen molar-refractivity contribution in [2.24, 2.45) is 5.41 Å². The monoisotopic (exact) mass is 353 g/mol. The Kier molecular flexibility index (Phi) is 5.52. The molecule has 0 saturated carbocycles. The summed E-state index contributed by atoms with van der Waals surface area (Å²) in [6.07, 6.45) is 0. The summed E-state index contributed by atoms with van der Waals surface area (Å²) in [6, 6.07) is 15.0. The van der Waals surface area contributed by atoms with E-state index in [1.165, 1.54) is 0 Å². The van der Waals surface area contributed by atoms with Crippen molar-refractivity contribution in [1.29, 1.82) is 5.26 Å². The van der Waals surface area contributed by atoms with Gasteiger partial charge < -0.3 is 18.9 Å². The SMILES string of the molecule is CC1(COCOc2ccc(C(=O)Oc3ccc(C#N)cc3)cc2)COC1. The van der Waals surface area contributed by atoms with Gasteiger partial charge in [-0.25, -0.2) is 4.79 Å². The number of benzene rings is 2. The van der Waals surface area contributed by atoms with Gasteiger partial charge in [0.25, 0.3) is 0 Å². The van der Waals surface area contributed by atoms with Crippen molar-refractivity contribution in [2.45, 2.75) is 6.92 Å². The molecule has 6 heteroatoms. The van der Waals surface area contributed by atoms with Crippen LogP contribution in [-0.4, -0.2) is 32.6 Å². The van der Waals surface area contributed by atoms with Crippen LogP contribution in [0.25, 0.3) is 0 Å². The third-order valence-corrected chi connectivity index (χ3v) is 3.94. The van der Waals surface area contributed by atoms with Gasteiger partial charge in [-0.15, -0.1) is 0 Å². The Morgan fingerprint density at radius 3 is 2.35 bits per heavy atom. The van der Waals surface area contributed by atoms with Gasteiger partial charge >= 0.3 is 5.97 Å². The highest BCUT2D eigenvalue weighted by Crippen LogP contribution is 2.26. The number of carbonyl (C=O) groups is 1. The standard InChI is InChI=1S/C20H19NO5/c1-20(11-23-12-20)13-24-14-25-17-8-4-16(5-9-17)19(22)26-18-6-2-15(10-21)3-7-18/h2-9H,11-14H2,1H3. The lowest BCUT2D eigenvalue weighted by Gasteiger charge is -2.37. The Labute approximate surface area is 151 Å². The molecule has 0 radical (unpaired) electrons. The predicted octanol–water partition coefficient (Wildman–Crippen LogP) is 3.17. The largest absolute Gasteiger partial charge is 0.468 e. The molecular formula is C20H19NO5. The molecule has 0 unspecified atom stereocenters. The molecule has 0 atom stereocenters. The molecule has 134 valence electrons. The number of hydrogen-bond donors (Lipinski definition) is 0. The molecule has 0 bridgehead atoms. The number of hydrogen-bond acceptors (Lipinski definition) is 6. The maximum absolute atomic E-state index is 12.1. The van der Waals surface area contributed by atoms with Gasteiger partial charge in [0.15, 0.2) is 6.79 Å². The van der Waals surface area contributed by atoms with E-state index < -0.39 is 5.97 Å². The van der Waals surface area contributed by atoms with Crippen LogP contribution in [0.4, 0.5) is 0 Å². The highest BCUT2D eigenvalue weighted by molar-refractivity contribution is 5.91. The van der Waals surface area contributed by atoms with Gasteiger partial charge in [-0.2, -0.15) is 5.26 Å². The number of nitrogens with zero attached hydrogens (tertiary/aromatic N) is 1. The van der Waals surface area contributed by atoms with E-state index in [9.17, 15) is 4.79 Å². The molecule has 0 spiro atoms. The molecule has 6 nitrogen and oxygen atoms in total. The van der Waals surface area contributed by atoms with Crippen molar-refractivity contribution >= 4 is 5.97 Å². The molecule has 1 aliphatic heterocycles. The maximum Gasteiger partial charge on any atom is 0.343 e. The zero-order valence-electron chi connectivity index (χ0n) is 14.4. The molecule has 2 aromatic carbocycles. The lowest BCUT2D eigenvalue weighted by Crippen LogP contribution is -2.43. The minimum Gasteiger partial charge on any atom is -0.468 e. The molecule has 0 aliphatic carbocycles. The van der Waals surface area contributed by atoms with Crippen LogP contribution in [0.1, 0.15) is 22.8 Å². The third kappa shape index (κ3) is 4.60. The summed E-state index contributed by atoms with van der Waals surface area (Å²) in [5.74, 6) is 0.515. The fraction of sp³-hybridized carbons (Fsp3) is 0.300. The Morgan fingerprint density at radius 1 is 1.12 bits per heavy atom. The zero-order chi connectivity index (χ0) is 18.4. The summed E-state index contributed by atoms with van der Waals surface area (Å²) in [5, 5.41) is 8.76. The first kappa shape index (κ1) is 17.9. The molecule has 1 saturated heterocycles. The molecular weight excluding hydrogens is 334 g/mol. The van der Waals surface area contributed by atoms with Crippen LogP contribution >= 0.6 is 0 Å². The van der Waals surface area contributed by atoms with Crippen LogP contribution in [0.15, 0.2) is 48.5 Å². The van der Waals surface area contributed by atoms with Gasteiger partial charge in [0.05, 0.1) is 37.0 Å². The number of rotatable bonds is 7. The maximum atomic E-state index is 12.1. The first-order valence-electron chi connectivity index (χ1n) is 8.19. The van der Waals surface area contributed by atoms with Crippen molar-refractivity contribution in [2.75, 3.05) is 26.6 Å². The van der Waals surface area contributed by atoms with E-state index in [-0.39, 0.29) is 12.2 Å². The van der Waals surface area contributed by atoms with Crippen LogP contribution in [0.5, 0.6) is 11.5 Å². The quantitative estimate of drug-likeness (QED) is 0.329. The lowest BCUT2D eigenvalue weighted by molar-refractivity contribution is -0.151. The average Bonchev–Trinajstić information content (AvgIpc) is 2.65.